The average Bonchev–Trinajstić information content (AvgIpc) is 2.18. The number of carbonyl (C=O) groups excluding carboxylic acids is 1. The molecule has 0 radical (unpaired) electrons. The maximum Gasteiger partial charge on any atom is 0.166 e. The molecule has 0 unspecified atom stereocenters. The van der Waals surface area contributed by atoms with Crippen LogP contribution in [0.25, 0.3) is 0 Å². The van der Waals surface area contributed by atoms with Gasteiger partial charge in [-0.1, -0.05) is 13.8 Å². The summed E-state index contributed by atoms with van der Waals surface area (Å²) in [7, 11) is 0. The number of Topliss-reactive ketones (excluding diaryl/α,β-unsaturated/α-hetero) is 1. The summed E-state index contributed by atoms with van der Waals surface area (Å²) in [6.07, 6.45) is 1.38. The summed E-state index contributed by atoms with van der Waals surface area (Å²) in [6.45, 7) is 3.78. The molecule has 0 aliphatic carbocycles. The fourth-order valence-electron chi connectivity index (χ4n) is 1.59. The van der Waals surface area contributed by atoms with Crippen LogP contribution in [-0.4, -0.2) is 5.78 Å². The normalized spacial score (nSPS) is 10.7. The summed E-state index contributed by atoms with van der Waals surface area (Å²) in [5.74, 6) is -1.74. The first-order valence-electron chi connectivity index (χ1n) is 5.08. The maximum absolute atomic E-state index is 12.9. The van der Waals surface area contributed by atoms with Crippen LogP contribution in [0.5, 0.6) is 0 Å². The Hall–Kier alpha value is -1.25. The lowest BCUT2D eigenvalue weighted by molar-refractivity contribution is 0.0912. The molecule has 1 nitrogen and oxygen atoms in total. The van der Waals surface area contributed by atoms with Crippen LogP contribution in [-0.2, 0) is 0 Å². The van der Waals surface area contributed by atoms with Crippen molar-refractivity contribution in [2.45, 2.75) is 26.7 Å². The zero-order valence-electron chi connectivity index (χ0n) is 8.89. The van der Waals surface area contributed by atoms with Gasteiger partial charge in [0.05, 0.1) is 0 Å². The van der Waals surface area contributed by atoms with Crippen molar-refractivity contribution in [3.8, 4) is 0 Å². The van der Waals surface area contributed by atoms with Gasteiger partial charge in [-0.05, 0) is 25.0 Å². The fourth-order valence-corrected chi connectivity index (χ4v) is 1.59. The largest absolute Gasteiger partial charge is 0.294 e. The van der Waals surface area contributed by atoms with Crippen LogP contribution < -0.4 is 0 Å². The average molecular weight is 212 g/mol. The molecule has 0 spiro atoms. The molecule has 0 saturated heterocycles. The van der Waals surface area contributed by atoms with Crippen LogP contribution in [0.1, 0.15) is 37.0 Å². The molecule has 0 atom stereocenters. The van der Waals surface area contributed by atoms with Crippen molar-refractivity contribution in [1.82, 2.24) is 0 Å². The molecule has 82 valence electrons. The summed E-state index contributed by atoms with van der Waals surface area (Å²) in [4.78, 5) is 11.8. The highest BCUT2D eigenvalue weighted by Crippen LogP contribution is 2.17. The lowest BCUT2D eigenvalue weighted by Gasteiger charge is -2.10. The quantitative estimate of drug-likeness (QED) is 0.697. The van der Waals surface area contributed by atoms with Crippen LogP contribution in [0, 0.1) is 17.6 Å². The minimum Gasteiger partial charge on any atom is -0.294 e. The molecular formula is C12H14F2O. The fraction of sp³-hybridized carbons (Fsp3) is 0.417. The van der Waals surface area contributed by atoms with Gasteiger partial charge in [0.15, 0.2) is 5.78 Å². The van der Waals surface area contributed by atoms with Crippen molar-refractivity contribution in [2.75, 3.05) is 0 Å². The van der Waals surface area contributed by atoms with Crippen molar-refractivity contribution >= 4 is 5.78 Å². The van der Waals surface area contributed by atoms with Crippen LogP contribution in [0.3, 0.4) is 0 Å². The van der Waals surface area contributed by atoms with Crippen molar-refractivity contribution in [3.63, 3.8) is 0 Å². The highest BCUT2D eigenvalue weighted by atomic mass is 19.1. The highest BCUT2D eigenvalue weighted by Gasteiger charge is 2.17. The van der Waals surface area contributed by atoms with Gasteiger partial charge in [0.2, 0.25) is 0 Å². The molecule has 0 amide bonds. The molecule has 15 heavy (non-hydrogen) atoms. The Morgan fingerprint density at radius 3 is 2.00 bits per heavy atom. The Morgan fingerprint density at radius 2 is 1.60 bits per heavy atom. The summed E-state index contributed by atoms with van der Waals surface area (Å²) >= 11 is 0. The molecule has 1 rings (SSSR count). The van der Waals surface area contributed by atoms with Gasteiger partial charge in [0, 0.05) is 17.5 Å². The Labute approximate surface area is 88.1 Å². The molecule has 1 aromatic rings. The molecule has 0 bridgehead atoms. The van der Waals surface area contributed by atoms with Gasteiger partial charge in [-0.3, -0.25) is 4.79 Å². The second-order valence-electron chi connectivity index (χ2n) is 3.54. The van der Waals surface area contributed by atoms with Crippen LogP contribution in [0.2, 0.25) is 0 Å². The van der Waals surface area contributed by atoms with Crippen LogP contribution in [0.4, 0.5) is 8.78 Å². The third-order valence-electron chi connectivity index (χ3n) is 2.50. The first-order valence-corrected chi connectivity index (χ1v) is 5.08. The lowest BCUT2D eigenvalue weighted by Crippen LogP contribution is -2.13. The minimum atomic E-state index is -0.704. The molecule has 0 aliphatic rings. The minimum absolute atomic E-state index is 0.126. The molecule has 0 aromatic heterocycles. The second-order valence-corrected chi connectivity index (χ2v) is 3.54. The van der Waals surface area contributed by atoms with Crippen molar-refractivity contribution < 1.29 is 13.6 Å². The second kappa shape index (κ2) is 5.01. The van der Waals surface area contributed by atoms with Gasteiger partial charge in [0.25, 0.3) is 0 Å². The van der Waals surface area contributed by atoms with E-state index in [0.29, 0.717) is 12.8 Å². The number of benzene rings is 1. The predicted octanol–water partition coefficient (Wildman–Crippen LogP) is 3.58. The Kier molecular flexibility index (Phi) is 3.95. The molecule has 1 aromatic carbocycles. The number of rotatable bonds is 4. The van der Waals surface area contributed by atoms with Crippen LogP contribution in [0.15, 0.2) is 18.2 Å². The Balaban J connectivity index is 3.00. The van der Waals surface area contributed by atoms with E-state index in [9.17, 15) is 13.6 Å². The monoisotopic (exact) mass is 212 g/mol. The number of hydrogen-bond acceptors (Lipinski definition) is 1. The molecule has 0 fully saturated rings. The van der Waals surface area contributed by atoms with Gasteiger partial charge < -0.3 is 0 Å². The summed E-state index contributed by atoms with van der Waals surface area (Å²) < 4.78 is 25.7. The van der Waals surface area contributed by atoms with E-state index in [1.165, 1.54) is 0 Å². The standard InChI is InChI=1S/C12H14F2O/c1-3-8(4-2)12(15)9-5-10(13)7-11(14)6-9/h5-8H,3-4H2,1-2H3. The molecule has 0 aliphatic heterocycles. The Bertz CT molecular complexity index is 336. The number of carbonyl (C=O) groups is 1. The van der Waals surface area contributed by atoms with Gasteiger partial charge in [-0.15, -0.1) is 0 Å². The van der Waals surface area contributed by atoms with E-state index in [2.05, 4.69) is 0 Å². The van der Waals surface area contributed by atoms with E-state index < -0.39 is 11.6 Å². The molecule has 0 saturated carbocycles. The molecule has 3 heteroatoms. The first kappa shape index (κ1) is 11.8. The smallest absolute Gasteiger partial charge is 0.166 e. The summed E-state index contributed by atoms with van der Waals surface area (Å²) in [5.41, 5.74) is 0.126. The zero-order valence-corrected chi connectivity index (χ0v) is 8.89. The molecule has 0 heterocycles. The summed E-state index contributed by atoms with van der Waals surface area (Å²) in [5, 5.41) is 0. The number of halogens is 2. The van der Waals surface area contributed by atoms with Crippen molar-refractivity contribution in [2.24, 2.45) is 5.92 Å². The zero-order chi connectivity index (χ0) is 11.4. The topological polar surface area (TPSA) is 17.1 Å². The first-order chi connectivity index (χ1) is 7.08. The van der Waals surface area contributed by atoms with Gasteiger partial charge in [-0.25, -0.2) is 8.78 Å². The van der Waals surface area contributed by atoms with Crippen molar-refractivity contribution in [1.29, 1.82) is 0 Å². The third kappa shape index (κ3) is 2.85. The highest BCUT2D eigenvalue weighted by molar-refractivity contribution is 5.97. The number of hydrogen-bond donors (Lipinski definition) is 0. The van der Waals surface area contributed by atoms with Crippen LogP contribution >= 0.6 is 0 Å². The van der Waals surface area contributed by atoms with E-state index in [1.807, 2.05) is 13.8 Å². The van der Waals surface area contributed by atoms with Gasteiger partial charge in [-0.2, -0.15) is 0 Å². The van der Waals surface area contributed by atoms with Gasteiger partial charge in [0.1, 0.15) is 11.6 Å². The van der Waals surface area contributed by atoms with Gasteiger partial charge >= 0.3 is 0 Å². The van der Waals surface area contributed by atoms with E-state index in [1.54, 1.807) is 0 Å². The van der Waals surface area contributed by atoms with E-state index >= 15 is 0 Å². The van der Waals surface area contributed by atoms with E-state index in [-0.39, 0.29) is 17.3 Å². The third-order valence-corrected chi connectivity index (χ3v) is 2.50. The van der Waals surface area contributed by atoms with E-state index in [4.69, 9.17) is 0 Å². The SMILES string of the molecule is CCC(CC)C(=O)c1cc(F)cc(F)c1. The molecule has 0 N–H and O–H groups in total. The maximum atomic E-state index is 12.9. The van der Waals surface area contributed by atoms with Crippen molar-refractivity contribution in [3.05, 3.63) is 35.4 Å². The van der Waals surface area contributed by atoms with E-state index in [0.717, 1.165) is 18.2 Å². The molecular weight excluding hydrogens is 198 g/mol. The lowest BCUT2D eigenvalue weighted by atomic mass is 9.93. The predicted molar refractivity (Wildman–Crippen MR) is 54.8 cm³/mol. The summed E-state index contributed by atoms with van der Waals surface area (Å²) in [6, 6.07) is 2.94. The Morgan fingerprint density at radius 1 is 1.13 bits per heavy atom. The number of ketones is 1.